The van der Waals surface area contributed by atoms with E-state index in [1.807, 2.05) is 24.3 Å². The van der Waals surface area contributed by atoms with Gasteiger partial charge in [-0.2, -0.15) is 0 Å². The van der Waals surface area contributed by atoms with E-state index in [4.69, 9.17) is 24.9 Å². The van der Waals surface area contributed by atoms with E-state index in [1.54, 1.807) is 0 Å². The molecule has 5 nitrogen and oxygen atoms in total. The third-order valence-electron chi connectivity index (χ3n) is 17.0. The summed E-state index contributed by atoms with van der Waals surface area (Å²) in [6.07, 6.45) is 0. The van der Waals surface area contributed by atoms with Crippen LogP contribution in [0.2, 0.25) is 0 Å². The van der Waals surface area contributed by atoms with E-state index in [9.17, 15) is 0 Å². The van der Waals surface area contributed by atoms with Crippen LogP contribution in [0.3, 0.4) is 0 Å². The van der Waals surface area contributed by atoms with Crippen LogP contribution >= 0.6 is 0 Å². The number of aromatic nitrogens is 5. The zero-order valence-corrected chi connectivity index (χ0v) is 44.0. The molecule has 0 aliphatic heterocycles. The van der Waals surface area contributed by atoms with Gasteiger partial charge >= 0.3 is 0 Å². The number of nitrogens with zero attached hydrogens (tertiary/aromatic N) is 5. The first-order valence-electron chi connectivity index (χ1n) is 27.8. The van der Waals surface area contributed by atoms with Gasteiger partial charge in [0, 0.05) is 45.2 Å². The van der Waals surface area contributed by atoms with Crippen LogP contribution in [0, 0.1) is 0 Å². The maximum atomic E-state index is 5.61. The van der Waals surface area contributed by atoms with Gasteiger partial charge in [0.05, 0.1) is 16.8 Å². The van der Waals surface area contributed by atoms with Gasteiger partial charge in [-0.25, -0.2) is 24.9 Å². The standard InChI is InChI=1S/C76H49N5/c1-6-23-48(24-7-1)55-33-16-19-36-60(55)74-79-73(80-75(81-74)62-38-22-40-66-71(62)61-37-20-21-39-65(61)76(66,53-29-12-4-13-30-53)54-31-14-5-15-32-54)52-42-44-59-64(46-52)70-57-35-18-17-34-56(57)69(59)63-45-51(41-43-58(63)70)68-47-67(49-25-8-2-9-26-49)77-72(78-68)50-27-10-3-11-28-50/h1-47,69-70H. The minimum Gasteiger partial charge on any atom is -0.228 e. The van der Waals surface area contributed by atoms with Gasteiger partial charge < -0.3 is 0 Å². The Morgan fingerprint density at radius 2 is 0.654 bits per heavy atom. The highest BCUT2D eigenvalue weighted by atomic mass is 15.0. The Hall–Kier alpha value is -10.5. The maximum Gasteiger partial charge on any atom is 0.164 e. The Morgan fingerprint density at radius 1 is 0.235 bits per heavy atom. The van der Waals surface area contributed by atoms with Crippen molar-refractivity contribution < 1.29 is 0 Å². The quantitative estimate of drug-likeness (QED) is 0.144. The molecule has 17 rings (SSSR count). The molecule has 378 valence electrons. The van der Waals surface area contributed by atoms with Gasteiger partial charge in [-0.1, -0.05) is 267 Å². The van der Waals surface area contributed by atoms with Crippen LogP contribution in [0.25, 0.3) is 90.3 Å². The first kappa shape index (κ1) is 46.6. The summed E-state index contributed by atoms with van der Waals surface area (Å²) < 4.78 is 0. The molecule has 0 amide bonds. The second kappa shape index (κ2) is 18.9. The third-order valence-corrected chi connectivity index (χ3v) is 17.0. The molecule has 0 saturated carbocycles. The Morgan fingerprint density at radius 3 is 1.28 bits per heavy atom. The molecular formula is C76H49N5. The topological polar surface area (TPSA) is 64.5 Å². The molecule has 2 aromatic heterocycles. The Balaban J connectivity index is 0.876. The molecule has 2 heterocycles. The lowest BCUT2D eigenvalue weighted by molar-refractivity contribution is 0.754. The molecule has 13 aromatic rings. The maximum absolute atomic E-state index is 5.61. The molecule has 0 saturated heterocycles. The second-order valence-corrected chi connectivity index (χ2v) is 21.4. The summed E-state index contributed by atoms with van der Waals surface area (Å²) in [4.78, 5) is 27.1. The van der Waals surface area contributed by atoms with E-state index < -0.39 is 5.41 Å². The number of rotatable bonds is 9. The fourth-order valence-corrected chi connectivity index (χ4v) is 13.6. The minimum absolute atomic E-state index is 0.00654. The highest BCUT2D eigenvalue weighted by Crippen LogP contribution is 2.59. The fraction of sp³-hybridized carbons (Fsp3) is 0.0395. The van der Waals surface area contributed by atoms with Crippen LogP contribution in [0.15, 0.2) is 285 Å². The predicted octanol–water partition coefficient (Wildman–Crippen LogP) is 17.7. The van der Waals surface area contributed by atoms with Crippen LogP contribution in [0.1, 0.15) is 67.5 Å². The van der Waals surface area contributed by atoms with Crippen molar-refractivity contribution in [2.45, 2.75) is 17.3 Å². The smallest absolute Gasteiger partial charge is 0.164 e. The number of hydrogen-bond acceptors (Lipinski definition) is 5. The third kappa shape index (κ3) is 7.43. The van der Waals surface area contributed by atoms with E-state index in [0.29, 0.717) is 23.3 Å². The van der Waals surface area contributed by atoms with Gasteiger partial charge in [-0.3, -0.25) is 0 Å². The summed E-state index contributed by atoms with van der Waals surface area (Å²) in [5.41, 5.74) is 24.3. The Bertz CT molecular complexity index is 4480. The zero-order valence-electron chi connectivity index (χ0n) is 44.0. The van der Waals surface area contributed by atoms with Crippen molar-refractivity contribution >= 4 is 0 Å². The summed E-state index contributed by atoms with van der Waals surface area (Å²) in [5, 5.41) is 0. The van der Waals surface area contributed by atoms with Crippen molar-refractivity contribution in [1.82, 2.24) is 24.9 Å². The molecule has 0 fully saturated rings. The van der Waals surface area contributed by atoms with Crippen LogP contribution in [-0.2, 0) is 5.41 Å². The SMILES string of the molecule is c1ccc(-c2cc(-c3ccc4c(c3)C3c5ccccc5C4c4cc(-c5nc(-c6ccccc6-c6ccccc6)nc(-c6cccc7c6-c6ccccc6C7(c6ccccc6)c6ccccc6)n5)ccc43)nc(-c3ccccc3)n2)cc1. The Kier molecular flexibility index (Phi) is 10.9. The summed E-state index contributed by atoms with van der Waals surface area (Å²) in [7, 11) is 0. The molecule has 0 spiro atoms. The first-order valence-corrected chi connectivity index (χ1v) is 27.8. The molecule has 0 radical (unpaired) electrons. The van der Waals surface area contributed by atoms with Crippen LogP contribution < -0.4 is 0 Å². The van der Waals surface area contributed by atoms with Crippen LogP contribution in [-0.4, -0.2) is 24.9 Å². The summed E-state index contributed by atoms with van der Waals surface area (Å²) >= 11 is 0. The highest BCUT2D eigenvalue weighted by molar-refractivity contribution is 5.95. The summed E-state index contributed by atoms with van der Waals surface area (Å²) in [6, 6.07) is 102. The van der Waals surface area contributed by atoms with Gasteiger partial charge in [0.15, 0.2) is 23.3 Å². The van der Waals surface area contributed by atoms with E-state index in [-0.39, 0.29) is 11.8 Å². The average Bonchev–Trinajstić information content (AvgIpc) is 3.76. The van der Waals surface area contributed by atoms with Crippen molar-refractivity contribution in [2.24, 2.45) is 0 Å². The normalized spacial score (nSPS) is 14.8. The van der Waals surface area contributed by atoms with E-state index in [2.05, 4.69) is 261 Å². The molecular weight excluding hydrogens is 983 g/mol. The second-order valence-electron chi connectivity index (χ2n) is 21.4. The molecule has 4 aliphatic carbocycles. The molecule has 81 heavy (non-hydrogen) atoms. The molecule has 2 unspecified atom stereocenters. The van der Waals surface area contributed by atoms with E-state index in [1.165, 1.54) is 61.2 Å². The van der Waals surface area contributed by atoms with Gasteiger partial charge in [0.25, 0.3) is 0 Å². The van der Waals surface area contributed by atoms with Crippen LogP contribution in [0.5, 0.6) is 0 Å². The molecule has 11 aromatic carbocycles. The van der Waals surface area contributed by atoms with Gasteiger partial charge in [-0.05, 0) is 96.1 Å². The van der Waals surface area contributed by atoms with Crippen LogP contribution in [0.4, 0.5) is 0 Å². The van der Waals surface area contributed by atoms with Gasteiger partial charge in [0.1, 0.15) is 0 Å². The molecule has 2 atom stereocenters. The summed E-state index contributed by atoms with van der Waals surface area (Å²) in [6.45, 7) is 0. The predicted molar refractivity (Wildman–Crippen MR) is 326 cm³/mol. The van der Waals surface area contributed by atoms with E-state index in [0.717, 1.165) is 61.5 Å². The molecule has 0 N–H and O–H groups in total. The highest BCUT2D eigenvalue weighted by Gasteiger charge is 2.47. The lowest BCUT2D eigenvalue weighted by atomic mass is 9.60. The first-order chi connectivity index (χ1) is 40.2. The number of hydrogen-bond donors (Lipinski definition) is 0. The lowest BCUT2D eigenvalue weighted by Crippen LogP contribution is -2.28. The average molecular weight is 1030 g/mol. The number of fused-ring (bicyclic) bond motifs is 3. The number of benzene rings is 11. The molecule has 5 heteroatoms. The van der Waals surface area contributed by atoms with Crippen molar-refractivity contribution in [3.63, 3.8) is 0 Å². The molecule has 2 bridgehead atoms. The lowest BCUT2D eigenvalue weighted by Gasteiger charge is -2.42. The van der Waals surface area contributed by atoms with E-state index >= 15 is 0 Å². The van der Waals surface area contributed by atoms with Crippen molar-refractivity contribution in [2.75, 3.05) is 0 Å². The van der Waals surface area contributed by atoms with Gasteiger partial charge in [-0.15, -0.1) is 0 Å². The monoisotopic (exact) mass is 1030 g/mol. The largest absolute Gasteiger partial charge is 0.228 e. The van der Waals surface area contributed by atoms with Crippen molar-refractivity contribution in [3.05, 3.63) is 341 Å². The Labute approximate surface area is 470 Å². The summed E-state index contributed by atoms with van der Waals surface area (Å²) in [5.74, 6) is 2.58. The van der Waals surface area contributed by atoms with Crippen molar-refractivity contribution in [3.8, 4) is 90.3 Å². The van der Waals surface area contributed by atoms with Gasteiger partial charge in [0.2, 0.25) is 0 Å². The molecule has 4 aliphatic rings. The zero-order chi connectivity index (χ0) is 53.4. The fourth-order valence-electron chi connectivity index (χ4n) is 13.6. The minimum atomic E-state index is -0.584. The van der Waals surface area contributed by atoms with Crippen molar-refractivity contribution in [1.29, 1.82) is 0 Å².